The number of nitrogens with one attached hydrogen (secondary N) is 1. The van der Waals surface area contributed by atoms with Gasteiger partial charge in [-0.05, 0) is 67.9 Å². The van der Waals surface area contributed by atoms with E-state index in [1.165, 1.54) is 11.8 Å². The highest BCUT2D eigenvalue weighted by molar-refractivity contribution is 8.00. The van der Waals surface area contributed by atoms with Gasteiger partial charge in [0.15, 0.2) is 0 Å². The van der Waals surface area contributed by atoms with E-state index in [0.29, 0.717) is 11.6 Å². The highest BCUT2D eigenvalue weighted by Crippen LogP contribution is 2.24. The predicted octanol–water partition coefficient (Wildman–Crippen LogP) is 4.37. The molecule has 0 bridgehead atoms. The minimum absolute atomic E-state index is 0.155. The molecule has 0 aromatic heterocycles. The molecule has 2 aromatic carbocycles. The van der Waals surface area contributed by atoms with Crippen molar-refractivity contribution in [3.05, 3.63) is 59.1 Å². The molecule has 2 aromatic rings. The zero-order chi connectivity index (χ0) is 17.4. The third kappa shape index (κ3) is 5.91. The molecule has 1 amide bonds. The van der Waals surface area contributed by atoms with Crippen LogP contribution in [0.3, 0.4) is 0 Å². The summed E-state index contributed by atoms with van der Waals surface area (Å²) in [6.45, 7) is 4.40. The lowest BCUT2D eigenvalue weighted by atomic mass is 10.2. The molecule has 126 valence electrons. The summed E-state index contributed by atoms with van der Waals surface area (Å²) >= 11 is 7.30. The van der Waals surface area contributed by atoms with E-state index < -0.39 is 0 Å². The lowest BCUT2D eigenvalue weighted by molar-refractivity contribution is -0.120. The molecule has 0 radical (unpaired) electrons. The number of hydrogen-bond donors (Lipinski definition) is 1. The van der Waals surface area contributed by atoms with Crippen LogP contribution < -0.4 is 10.2 Å². The summed E-state index contributed by atoms with van der Waals surface area (Å²) in [5, 5.41) is 4.41. The van der Waals surface area contributed by atoms with Gasteiger partial charge in [-0.15, -0.1) is 11.8 Å². The van der Waals surface area contributed by atoms with Crippen molar-refractivity contribution in [2.45, 2.75) is 24.0 Å². The second kappa shape index (κ2) is 9.35. The maximum Gasteiger partial charge on any atom is 0.253 e. The van der Waals surface area contributed by atoms with Gasteiger partial charge in [-0.25, -0.2) is 5.43 Å². The molecule has 0 aliphatic heterocycles. The van der Waals surface area contributed by atoms with Crippen LogP contribution in [0.1, 0.15) is 19.4 Å². The Hall–Kier alpha value is -1.98. The molecule has 4 nitrogen and oxygen atoms in total. The Kier molecular flexibility index (Phi) is 7.15. The summed E-state index contributed by atoms with van der Waals surface area (Å²) in [6.07, 6.45) is 1.60. The summed E-state index contributed by atoms with van der Waals surface area (Å²) in [4.78, 5) is 13.0. The van der Waals surface area contributed by atoms with Gasteiger partial charge in [0.05, 0.1) is 18.1 Å². The lowest BCUT2D eigenvalue weighted by Crippen LogP contribution is -2.26. The van der Waals surface area contributed by atoms with Crippen molar-refractivity contribution < 1.29 is 9.53 Å². The molecule has 0 aliphatic rings. The first-order chi connectivity index (χ1) is 11.6. The molecule has 0 fully saturated rings. The smallest absolute Gasteiger partial charge is 0.253 e. The van der Waals surface area contributed by atoms with Gasteiger partial charge in [0.1, 0.15) is 5.75 Å². The van der Waals surface area contributed by atoms with Crippen molar-refractivity contribution in [3.8, 4) is 5.75 Å². The summed E-state index contributed by atoms with van der Waals surface area (Å²) in [5.74, 6) is 0.656. The number of nitrogens with zero attached hydrogens (tertiary/aromatic N) is 1. The fraction of sp³-hybridized carbons (Fsp3) is 0.222. The molecule has 1 atom stereocenters. The summed E-state index contributed by atoms with van der Waals surface area (Å²) < 4.78 is 5.37. The van der Waals surface area contributed by atoms with Gasteiger partial charge in [-0.1, -0.05) is 11.6 Å². The lowest BCUT2D eigenvalue weighted by Gasteiger charge is -2.09. The molecular formula is C18H19ClN2O2S. The van der Waals surface area contributed by atoms with E-state index in [9.17, 15) is 4.79 Å². The molecule has 24 heavy (non-hydrogen) atoms. The first kappa shape index (κ1) is 18.4. The van der Waals surface area contributed by atoms with Gasteiger partial charge < -0.3 is 4.74 Å². The number of halogens is 1. The average Bonchev–Trinajstić information content (AvgIpc) is 2.58. The number of benzene rings is 2. The maximum atomic E-state index is 12.1. The van der Waals surface area contributed by atoms with Crippen LogP contribution in [-0.2, 0) is 4.79 Å². The normalized spacial score (nSPS) is 12.1. The summed E-state index contributed by atoms with van der Waals surface area (Å²) in [7, 11) is 0. The Morgan fingerprint density at radius 1 is 1.25 bits per heavy atom. The van der Waals surface area contributed by atoms with Crippen molar-refractivity contribution in [2.24, 2.45) is 5.10 Å². The first-order valence-electron chi connectivity index (χ1n) is 7.56. The van der Waals surface area contributed by atoms with Gasteiger partial charge in [-0.2, -0.15) is 5.10 Å². The number of rotatable bonds is 7. The number of ether oxygens (including phenoxy) is 1. The molecule has 2 rings (SSSR count). The van der Waals surface area contributed by atoms with Crippen LogP contribution in [0, 0.1) is 0 Å². The topological polar surface area (TPSA) is 50.7 Å². The fourth-order valence-corrected chi connectivity index (χ4v) is 2.84. The third-order valence-electron chi connectivity index (χ3n) is 3.08. The Morgan fingerprint density at radius 3 is 2.54 bits per heavy atom. The second-order valence-electron chi connectivity index (χ2n) is 4.95. The van der Waals surface area contributed by atoms with Crippen LogP contribution in [0.4, 0.5) is 0 Å². The number of hydrogen-bond acceptors (Lipinski definition) is 4. The van der Waals surface area contributed by atoms with Crippen molar-refractivity contribution in [2.75, 3.05) is 6.61 Å². The van der Waals surface area contributed by atoms with E-state index >= 15 is 0 Å². The van der Waals surface area contributed by atoms with Gasteiger partial charge in [0.2, 0.25) is 0 Å². The quantitative estimate of drug-likeness (QED) is 0.452. The van der Waals surface area contributed by atoms with Crippen molar-refractivity contribution >= 4 is 35.5 Å². The SMILES string of the molecule is CCOc1ccc(/C=N\NC(=O)[C@@H](C)Sc2ccc(Cl)cc2)cc1. The van der Waals surface area contributed by atoms with E-state index in [4.69, 9.17) is 16.3 Å². The molecule has 0 saturated carbocycles. The molecular weight excluding hydrogens is 344 g/mol. The number of carbonyl (C=O) groups is 1. The van der Waals surface area contributed by atoms with Crippen molar-refractivity contribution in [1.29, 1.82) is 0 Å². The number of carbonyl (C=O) groups excluding carboxylic acids is 1. The van der Waals surface area contributed by atoms with Crippen LogP contribution in [0.15, 0.2) is 58.5 Å². The average molecular weight is 363 g/mol. The minimum atomic E-state index is -0.261. The number of amides is 1. The molecule has 0 aliphatic carbocycles. The Morgan fingerprint density at radius 2 is 1.92 bits per heavy atom. The van der Waals surface area contributed by atoms with E-state index in [1.54, 1.807) is 18.3 Å². The van der Waals surface area contributed by atoms with E-state index in [2.05, 4.69) is 10.5 Å². The van der Waals surface area contributed by atoms with Crippen molar-refractivity contribution in [1.82, 2.24) is 5.43 Å². The van der Waals surface area contributed by atoms with Gasteiger partial charge in [0, 0.05) is 9.92 Å². The Balaban J connectivity index is 1.83. The van der Waals surface area contributed by atoms with E-state index in [0.717, 1.165) is 16.2 Å². The number of thioether (sulfide) groups is 1. The largest absolute Gasteiger partial charge is 0.494 e. The zero-order valence-corrected chi connectivity index (χ0v) is 15.1. The molecule has 0 heterocycles. The third-order valence-corrected chi connectivity index (χ3v) is 4.44. The van der Waals surface area contributed by atoms with Crippen LogP contribution in [0.5, 0.6) is 5.75 Å². The summed E-state index contributed by atoms with van der Waals surface area (Å²) in [5.41, 5.74) is 3.44. The Labute approximate surface area is 151 Å². The molecule has 0 unspecified atom stereocenters. The van der Waals surface area contributed by atoms with Crippen molar-refractivity contribution in [3.63, 3.8) is 0 Å². The zero-order valence-electron chi connectivity index (χ0n) is 13.5. The number of hydrazone groups is 1. The summed E-state index contributed by atoms with van der Waals surface area (Å²) in [6, 6.07) is 14.9. The first-order valence-corrected chi connectivity index (χ1v) is 8.82. The van der Waals surface area contributed by atoms with Crippen LogP contribution >= 0.6 is 23.4 Å². The fourth-order valence-electron chi connectivity index (χ4n) is 1.85. The predicted molar refractivity (Wildman–Crippen MR) is 100 cm³/mol. The van der Waals surface area contributed by atoms with E-state index in [1.807, 2.05) is 50.2 Å². The van der Waals surface area contributed by atoms with Crippen LogP contribution in [0.25, 0.3) is 0 Å². The van der Waals surface area contributed by atoms with Crippen LogP contribution in [0.2, 0.25) is 5.02 Å². The van der Waals surface area contributed by atoms with Gasteiger partial charge in [-0.3, -0.25) is 4.79 Å². The standard InChI is InChI=1S/C18H19ClN2O2S/c1-3-23-16-8-4-14(5-9-16)12-20-21-18(22)13(2)24-17-10-6-15(19)7-11-17/h4-13H,3H2,1-2H3,(H,21,22)/b20-12-/t13-/m1/s1. The van der Waals surface area contributed by atoms with Gasteiger partial charge >= 0.3 is 0 Å². The monoisotopic (exact) mass is 362 g/mol. The molecule has 1 N–H and O–H groups in total. The maximum absolute atomic E-state index is 12.1. The Bertz CT molecular complexity index is 687. The minimum Gasteiger partial charge on any atom is -0.494 e. The molecule has 6 heteroatoms. The molecule has 0 saturated heterocycles. The van der Waals surface area contributed by atoms with Gasteiger partial charge in [0.25, 0.3) is 5.91 Å². The van der Waals surface area contributed by atoms with E-state index in [-0.39, 0.29) is 11.2 Å². The van der Waals surface area contributed by atoms with Crippen LogP contribution in [-0.4, -0.2) is 24.0 Å². The highest BCUT2D eigenvalue weighted by atomic mass is 35.5. The molecule has 0 spiro atoms. The highest BCUT2D eigenvalue weighted by Gasteiger charge is 2.13. The second-order valence-corrected chi connectivity index (χ2v) is 6.80.